The summed E-state index contributed by atoms with van der Waals surface area (Å²) < 4.78 is 18.4. The van der Waals surface area contributed by atoms with E-state index in [0.717, 1.165) is 54.4 Å². The second-order valence-corrected chi connectivity index (χ2v) is 7.53. The quantitative estimate of drug-likeness (QED) is 0.252. The smallest absolute Gasteiger partial charge is 0.191 e. The van der Waals surface area contributed by atoms with E-state index in [1.165, 1.54) is 6.07 Å². The fourth-order valence-electron chi connectivity index (χ4n) is 3.69. The zero-order valence-electron chi connectivity index (χ0n) is 18.4. The molecule has 7 nitrogen and oxygen atoms in total. The molecule has 32 heavy (non-hydrogen) atoms. The lowest BCUT2D eigenvalue weighted by Gasteiger charge is -2.12. The number of aromatic nitrogens is 4. The first-order valence-corrected chi connectivity index (χ1v) is 10.9. The van der Waals surface area contributed by atoms with Gasteiger partial charge in [-0.1, -0.05) is 18.2 Å². The number of aliphatic imine (C=N–C) groups is 1. The molecule has 2 aromatic heterocycles. The molecule has 0 saturated carbocycles. The van der Waals surface area contributed by atoms with E-state index in [0.29, 0.717) is 12.2 Å². The van der Waals surface area contributed by atoms with E-state index in [-0.39, 0.29) is 5.82 Å². The average molecular weight is 434 g/mol. The molecule has 4 rings (SSSR count). The Bertz CT molecular complexity index is 1190. The predicted octanol–water partition coefficient (Wildman–Crippen LogP) is 3.81. The van der Waals surface area contributed by atoms with E-state index in [2.05, 4.69) is 36.2 Å². The Labute approximate surface area is 187 Å². The highest BCUT2D eigenvalue weighted by Crippen LogP contribution is 2.16. The number of aryl methyl sites for hydroxylation is 2. The van der Waals surface area contributed by atoms with Crippen molar-refractivity contribution in [3.8, 4) is 5.69 Å². The SMILES string of the molecule is CCNC(=NCc1ccc(-n2ccnc2)c(F)c1)NCCCn1c(C)nc2ccccc21. The summed E-state index contributed by atoms with van der Waals surface area (Å²) in [5, 5.41) is 6.62. The summed E-state index contributed by atoms with van der Waals surface area (Å²) in [7, 11) is 0. The second kappa shape index (κ2) is 10.1. The molecular formula is C24H28FN7. The van der Waals surface area contributed by atoms with Gasteiger partial charge in [-0.3, -0.25) is 0 Å². The molecule has 4 aromatic rings. The number of para-hydroxylation sites is 2. The molecule has 0 unspecified atom stereocenters. The molecule has 0 aliphatic heterocycles. The van der Waals surface area contributed by atoms with E-state index in [9.17, 15) is 4.39 Å². The van der Waals surface area contributed by atoms with Crippen molar-refractivity contribution in [3.05, 3.63) is 78.4 Å². The van der Waals surface area contributed by atoms with E-state index in [4.69, 9.17) is 0 Å². The van der Waals surface area contributed by atoms with Gasteiger partial charge in [0.1, 0.15) is 11.6 Å². The standard InChI is InChI=1S/C24H28FN7/c1-3-27-24(28-11-6-13-32-18(2)30-21-7-4-5-8-23(21)32)29-16-19-9-10-22(20(25)15-19)31-14-12-26-17-31/h4-5,7-10,12,14-15,17H,3,6,11,13,16H2,1-2H3,(H2,27,28,29). The maximum absolute atomic E-state index is 14.5. The first-order chi connectivity index (χ1) is 15.7. The summed E-state index contributed by atoms with van der Waals surface area (Å²) in [5.41, 5.74) is 3.47. The molecule has 8 heteroatoms. The minimum Gasteiger partial charge on any atom is -0.357 e. The van der Waals surface area contributed by atoms with Crippen LogP contribution in [0.3, 0.4) is 0 Å². The largest absolute Gasteiger partial charge is 0.357 e. The van der Waals surface area contributed by atoms with Gasteiger partial charge in [-0.2, -0.15) is 0 Å². The third-order valence-electron chi connectivity index (χ3n) is 5.25. The summed E-state index contributed by atoms with van der Waals surface area (Å²) in [4.78, 5) is 13.2. The van der Waals surface area contributed by atoms with Gasteiger partial charge < -0.3 is 19.8 Å². The van der Waals surface area contributed by atoms with Crippen LogP contribution in [0.25, 0.3) is 16.7 Å². The maximum atomic E-state index is 14.5. The second-order valence-electron chi connectivity index (χ2n) is 7.53. The van der Waals surface area contributed by atoms with Crippen LogP contribution in [-0.4, -0.2) is 38.2 Å². The summed E-state index contributed by atoms with van der Waals surface area (Å²) in [6.45, 7) is 6.85. The van der Waals surface area contributed by atoms with Crippen LogP contribution in [-0.2, 0) is 13.1 Å². The number of imidazole rings is 2. The number of nitrogens with zero attached hydrogens (tertiary/aromatic N) is 5. The van der Waals surface area contributed by atoms with Crippen LogP contribution in [0.4, 0.5) is 4.39 Å². The normalized spacial score (nSPS) is 11.8. The van der Waals surface area contributed by atoms with Crippen molar-refractivity contribution in [2.45, 2.75) is 33.4 Å². The summed E-state index contributed by atoms with van der Waals surface area (Å²) in [5.74, 6) is 1.45. The minimum absolute atomic E-state index is 0.295. The molecule has 0 amide bonds. The lowest BCUT2D eigenvalue weighted by Crippen LogP contribution is -2.38. The zero-order valence-corrected chi connectivity index (χ0v) is 18.4. The van der Waals surface area contributed by atoms with Crippen LogP contribution in [0.2, 0.25) is 0 Å². The third kappa shape index (κ3) is 4.96. The Hall–Kier alpha value is -3.68. The number of hydrogen-bond donors (Lipinski definition) is 2. The van der Waals surface area contributed by atoms with E-state index >= 15 is 0 Å². The Balaban J connectivity index is 1.34. The van der Waals surface area contributed by atoms with Crippen LogP contribution in [0.5, 0.6) is 0 Å². The number of rotatable bonds is 8. The van der Waals surface area contributed by atoms with Gasteiger partial charge >= 0.3 is 0 Å². The molecule has 0 aliphatic rings. The van der Waals surface area contributed by atoms with Crippen molar-refractivity contribution in [2.24, 2.45) is 4.99 Å². The molecule has 0 saturated heterocycles. The Morgan fingerprint density at radius 2 is 2.03 bits per heavy atom. The van der Waals surface area contributed by atoms with Crippen LogP contribution in [0.15, 0.2) is 66.2 Å². The number of guanidine groups is 1. The Morgan fingerprint density at radius 1 is 1.16 bits per heavy atom. The molecule has 0 radical (unpaired) electrons. The van der Waals surface area contributed by atoms with Crippen LogP contribution in [0, 0.1) is 12.7 Å². The highest BCUT2D eigenvalue weighted by Gasteiger charge is 2.07. The molecular weight excluding hydrogens is 405 g/mol. The van der Waals surface area contributed by atoms with E-state index < -0.39 is 0 Å². The number of nitrogens with one attached hydrogen (secondary N) is 2. The van der Waals surface area contributed by atoms with Crippen molar-refractivity contribution in [3.63, 3.8) is 0 Å². The summed E-state index contributed by atoms with van der Waals surface area (Å²) in [6, 6.07) is 13.4. The molecule has 2 N–H and O–H groups in total. The molecule has 2 heterocycles. The van der Waals surface area contributed by atoms with Crippen LogP contribution in [0.1, 0.15) is 24.7 Å². The van der Waals surface area contributed by atoms with Gasteiger partial charge in [0.25, 0.3) is 0 Å². The predicted molar refractivity (Wildman–Crippen MR) is 125 cm³/mol. The van der Waals surface area contributed by atoms with E-state index in [1.54, 1.807) is 29.4 Å². The number of halogens is 1. The molecule has 0 fully saturated rings. The highest BCUT2D eigenvalue weighted by molar-refractivity contribution is 5.79. The zero-order chi connectivity index (χ0) is 22.3. The van der Waals surface area contributed by atoms with Crippen molar-refractivity contribution in [1.82, 2.24) is 29.7 Å². The van der Waals surface area contributed by atoms with Crippen molar-refractivity contribution < 1.29 is 4.39 Å². The van der Waals surface area contributed by atoms with Gasteiger partial charge in [0.05, 0.1) is 29.6 Å². The molecule has 0 atom stereocenters. The van der Waals surface area contributed by atoms with Gasteiger partial charge in [0.15, 0.2) is 5.96 Å². The lowest BCUT2D eigenvalue weighted by atomic mass is 10.2. The van der Waals surface area contributed by atoms with Crippen LogP contribution < -0.4 is 10.6 Å². The monoisotopic (exact) mass is 433 g/mol. The van der Waals surface area contributed by atoms with Gasteiger partial charge in [-0.05, 0) is 50.1 Å². The average Bonchev–Trinajstić information content (AvgIpc) is 3.43. The van der Waals surface area contributed by atoms with Gasteiger partial charge in [0, 0.05) is 32.0 Å². The topological polar surface area (TPSA) is 72.1 Å². The molecule has 2 aromatic carbocycles. The van der Waals surface area contributed by atoms with Gasteiger partial charge in [-0.15, -0.1) is 0 Å². The van der Waals surface area contributed by atoms with Crippen molar-refractivity contribution in [2.75, 3.05) is 13.1 Å². The summed E-state index contributed by atoms with van der Waals surface area (Å²) >= 11 is 0. The molecule has 166 valence electrons. The van der Waals surface area contributed by atoms with Gasteiger partial charge in [0.2, 0.25) is 0 Å². The number of hydrogen-bond acceptors (Lipinski definition) is 3. The first kappa shape index (κ1) is 21.5. The Kier molecular flexibility index (Phi) is 6.79. The summed E-state index contributed by atoms with van der Waals surface area (Å²) in [6.07, 6.45) is 5.86. The lowest BCUT2D eigenvalue weighted by molar-refractivity contribution is 0.615. The number of fused-ring (bicyclic) bond motifs is 1. The molecule has 0 spiro atoms. The molecule has 0 bridgehead atoms. The van der Waals surface area contributed by atoms with Crippen LogP contribution >= 0.6 is 0 Å². The first-order valence-electron chi connectivity index (χ1n) is 10.9. The highest BCUT2D eigenvalue weighted by atomic mass is 19.1. The number of benzene rings is 2. The van der Waals surface area contributed by atoms with Gasteiger partial charge in [-0.25, -0.2) is 19.4 Å². The fraction of sp³-hybridized carbons (Fsp3) is 0.292. The minimum atomic E-state index is -0.295. The fourth-order valence-corrected chi connectivity index (χ4v) is 3.69. The molecule has 0 aliphatic carbocycles. The Morgan fingerprint density at radius 3 is 2.81 bits per heavy atom. The van der Waals surface area contributed by atoms with E-state index in [1.807, 2.05) is 38.1 Å². The van der Waals surface area contributed by atoms with Crippen molar-refractivity contribution >= 4 is 17.0 Å². The van der Waals surface area contributed by atoms with Crippen molar-refractivity contribution in [1.29, 1.82) is 0 Å². The third-order valence-corrected chi connectivity index (χ3v) is 5.25. The maximum Gasteiger partial charge on any atom is 0.191 e.